The van der Waals surface area contributed by atoms with Crippen LogP contribution in [0.4, 0.5) is 10.5 Å². The standard InChI is InChI=1S/C31H36N4O4/c32-29(37)28(24-9-3-1-4-10-24)34-30(38)27-14-8-7-13-26(27)23-17-15-22(16-18-23)21-35(31(39)33-19-20-36)25-11-5-2-6-12-25/h1-6,9-12,15-18,26-28,36H,7-8,13-14,19-21H2,(H2,32,37)(H,33,39)(H,34,38)/t26-,27+,28-/m0/s1. The first-order chi connectivity index (χ1) is 19.0. The molecule has 8 nitrogen and oxygen atoms in total. The van der Waals surface area contributed by atoms with Gasteiger partial charge in [0.25, 0.3) is 0 Å². The third kappa shape index (κ3) is 7.23. The van der Waals surface area contributed by atoms with E-state index < -0.39 is 11.9 Å². The summed E-state index contributed by atoms with van der Waals surface area (Å²) in [6, 6.07) is 25.3. The average Bonchev–Trinajstić information content (AvgIpc) is 2.98. The monoisotopic (exact) mass is 528 g/mol. The van der Waals surface area contributed by atoms with Crippen molar-refractivity contribution in [2.24, 2.45) is 11.7 Å². The molecule has 0 aromatic heterocycles. The number of rotatable bonds is 10. The Morgan fingerprint density at radius 3 is 2.18 bits per heavy atom. The number of nitrogens with one attached hydrogen (secondary N) is 2. The van der Waals surface area contributed by atoms with Gasteiger partial charge in [0.05, 0.1) is 13.2 Å². The van der Waals surface area contributed by atoms with Crippen molar-refractivity contribution >= 4 is 23.5 Å². The normalized spacial score (nSPS) is 17.6. The summed E-state index contributed by atoms with van der Waals surface area (Å²) in [5, 5.41) is 14.8. The predicted octanol–water partition coefficient (Wildman–Crippen LogP) is 4.01. The van der Waals surface area contributed by atoms with E-state index in [0.717, 1.165) is 42.5 Å². The summed E-state index contributed by atoms with van der Waals surface area (Å²) in [6.45, 7) is 0.394. The Labute approximate surface area is 229 Å². The molecule has 3 aromatic rings. The second-order valence-electron chi connectivity index (χ2n) is 9.87. The Morgan fingerprint density at radius 1 is 0.897 bits per heavy atom. The van der Waals surface area contributed by atoms with Crippen LogP contribution in [-0.2, 0) is 16.1 Å². The zero-order valence-electron chi connectivity index (χ0n) is 22.0. The molecule has 3 atom stereocenters. The number of primary amides is 1. The lowest BCUT2D eigenvalue weighted by molar-refractivity contribution is -0.131. The first kappa shape index (κ1) is 27.9. The molecule has 1 saturated carbocycles. The predicted molar refractivity (Wildman–Crippen MR) is 151 cm³/mol. The van der Waals surface area contributed by atoms with Crippen LogP contribution in [-0.4, -0.2) is 36.1 Å². The van der Waals surface area contributed by atoms with Gasteiger partial charge in [0.1, 0.15) is 6.04 Å². The molecule has 4 amide bonds. The fourth-order valence-electron chi connectivity index (χ4n) is 5.26. The first-order valence-electron chi connectivity index (χ1n) is 13.4. The molecular weight excluding hydrogens is 492 g/mol. The van der Waals surface area contributed by atoms with E-state index in [1.807, 2.05) is 72.8 Å². The maximum atomic E-state index is 13.4. The van der Waals surface area contributed by atoms with Crippen LogP contribution in [0.25, 0.3) is 0 Å². The molecule has 0 bridgehead atoms. The fraction of sp³-hybridized carbons (Fsp3) is 0.323. The summed E-state index contributed by atoms with van der Waals surface area (Å²) in [7, 11) is 0. The molecule has 1 fully saturated rings. The minimum atomic E-state index is -0.871. The van der Waals surface area contributed by atoms with Gasteiger partial charge in [-0.05, 0) is 47.6 Å². The van der Waals surface area contributed by atoms with Gasteiger partial charge in [-0.2, -0.15) is 0 Å². The lowest BCUT2D eigenvalue weighted by atomic mass is 9.74. The highest BCUT2D eigenvalue weighted by Gasteiger charge is 2.34. The van der Waals surface area contributed by atoms with E-state index in [0.29, 0.717) is 12.1 Å². The molecule has 1 aliphatic rings. The van der Waals surface area contributed by atoms with Gasteiger partial charge in [0.15, 0.2) is 0 Å². The number of carbonyl (C=O) groups is 3. The van der Waals surface area contributed by atoms with E-state index in [-0.39, 0.29) is 36.9 Å². The van der Waals surface area contributed by atoms with Crippen molar-refractivity contribution in [3.8, 4) is 0 Å². The Balaban J connectivity index is 1.49. The van der Waals surface area contributed by atoms with Crippen molar-refractivity contribution < 1.29 is 19.5 Å². The quantitative estimate of drug-likeness (QED) is 0.317. The SMILES string of the molecule is NC(=O)[C@@H](NC(=O)[C@@H]1CCCC[C@H]1c1ccc(CN(C(=O)NCCO)c2ccccc2)cc1)c1ccccc1. The molecule has 3 aromatic carbocycles. The van der Waals surface area contributed by atoms with Crippen LogP contribution in [0.15, 0.2) is 84.9 Å². The number of nitrogens with zero attached hydrogens (tertiary/aromatic N) is 1. The Kier molecular flexibility index (Phi) is 9.69. The number of amides is 4. The number of carbonyl (C=O) groups excluding carboxylic acids is 3. The number of hydrogen-bond acceptors (Lipinski definition) is 4. The van der Waals surface area contributed by atoms with Crippen LogP contribution in [0, 0.1) is 5.92 Å². The number of urea groups is 1. The van der Waals surface area contributed by atoms with Crippen molar-refractivity contribution in [1.82, 2.24) is 10.6 Å². The number of para-hydroxylation sites is 1. The average molecular weight is 529 g/mol. The molecule has 0 aliphatic heterocycles. The second-order valence-corrected chi connectivity index (χ2v) is 9.87. The summed E-state index contributed by atoms with van der Waals surface area (Å²) < 4.78 is 0. The topological polar surface area (TPSA) is 125 Å². The highest BCUT2D eigenvalue weighted by Crippen LogP contribution is 2.38. The van der Waals surface area contributed by atoms with Crippen LogP contribution in [0.3, 0.4) is 0 Å². The Morgan fingerprint density at radius 2 is 1.54 bits per heavy atom. The number of nitrogens with two attached hydrogens (primary N) is 1. The van der Waals surface area contributed by atoms with Gasteiger partial charge in [0.2, 0.25) is 11.8 Å². The lowest BCUT2D eigenvalue weighted by Crippen LogP contribution is -2.42. The van der Waals surface area contributed by atoms with Crippen LogP contribution in [0.5, 0.6) is 0 Å². The van der Waals surface area contributed by atoms with Crippen molar-refractivity contribution in [2.75, 3.05) is 18.1 Å². The van der Waals surface area contributed by atoms with Gasteiger partial charge in [0, 0.05) is 18.2 Å². The zero-order valence-corrected chi connectivity index (χ0v) is 22.0. The van der Waals surface area contributed by atoms with E-state index in [4.69, 9.17) is 10.8 Å². The van der Waals surface area contributed by atoms with Crippen molar-refractivity contribution in [1.29, 1.82) is 0 Å². The summed E-state index contributed by atoms with van der Waals surface area (Å²) in [5.41, 5.74) is 9.06. The smallest absolute Gasteiger partial charge is 0.322 e. The summed E-state index contributed by atoms with van der Waals surface area (Å²) in [6.07, 6.45) is 3.60. The van der Waals surface area contributed by atoms with E-state index in [2.05, 4.69) is 10.6 Å². The fourth-order valence-corrected chi connectivity index (χ4v) is 5.26. The first-order valence-corrected chi connectivity index (χ1v) is 13.4. The van der Waals surface area contributed by atoms with Gasteiger partial charge in [-0.3, -0.25) is 14.5 Å². The molecule has 0 saturated heterocycles. The van der Waals surface area contributed by atoms with E-state index in [1.165, 1.54) is 0 Å². The minimum absolute atomic E-state index is 0.0233. The lowest BCUT2D eigenvalue weighted by Gasteiger charge is -2.32. The van der Waals surface area contributed by atoms with Crippen LogP contribution in [0.1, 0.15) is 54.3 Å². The second kappa shape index (κ2) is 13.6. The van der Waals surface area contributed by atoms with Crippen molar-refractivity contribution in [3.63, 3.8) is 0 Å². The molecule has 8 heteroatoms. The molecule has 1 aliphatic carbocycles. The highest BCUT2D eigenvalue weighted by molar-refractivity contribution is 5.92. The molecular formula is C31H36N4O4. The number of aliphatic hydroxyl groups excluding tert-OH is 1. The van der Waals surface area contributed by atoms with Gasteiger partial charge in [-0.25, -0.2) is 4.79 Å². The minimum Gasteiger partial charge on any atom is -0.395 e. The molecule has 204 valence electrons. The maximum absolute atomic E-state index is 13.4. The van der Waals surface area contributed by atoms with Gasteiger partial charge in [-0.1, -0.05) is 85.6 Å². The van der Waals surface area contributed by atoms with Gasteiger partial charge in [-0.15, -0.1) is 0 Å². The molecule has 5 N–H and O–H groups in total. The van der Waals surface area contributed by atoms with Crippen LogP contribution >= 0.6 is 0 Å². The van der Waals surface area contributed by atoms with Gasteiger partial charge < -0.3 is 21.5 Å². The van der Waals surface area contributed by atoms with E-state index >= 15 is 0 Å². The van der Waals surface area contributed by atoms with Crippen LogP contribution in [0.2, 0.25) is 0 Å². The molecule has 0 heterocycles. The third-order valence-corrected chi connectivity index (χ3v) is 7.26. The zero-order chi connectivity index (χ0) is 27.6. The van der Waals surface area contributed by atoms with Crippen LogP contribution < -0.4 is 21.3 Å². The maximum Gasteiger partial charge on any atom is 0.322 e. The van der Waals surface area contributed by atoms with Crippen molar-refractivity contribution in [2.45, 2.75) is 44.2 Å². The summed E-state index contributed by atoms with van der Waals surface area (Å²) in [5.74, 6) is -0.986. The number of anilines is 1. The molecule has 39 heavy (non-hydrogen) atoms. The summed E-state index contributed by atoms with van der Waals surface area (Å²) >= 11 is 0. The molecule has 0 radical (unpaired) electrons. The molecule has 0 unspecified atom stereocenters. The van der Waals surface area contributed by atoms with E-state index in [9.17, 15) is 14.4 Å². The largest absolute Gasteiger partial charge is 0.395 e. The third-order valence-electron chi connectivity index (χ3n) is 7.26. The number of benzene rings is 3. The van der Waals surface area contributed by atoms with E-state index in [1.54, 1.807) is 17.0 Å². The highest BCUT2D eigenvalue weighted by atomic mass is 16.3. The summed E-state index contributed by atoms with van der Waals surface area (Å²) in [4.78, 5) is 40.0. The molecule has 0 spiro atoms. The number of hydrogen-bond donors (Lipinski definition) is 4. The Hall–Kier alpha value is -4.17. The number of aliphatic hydroxyl groups is 1. The van der Waals surface area contributed by atoms with Crippen molar-refractivity contribution in [3.05, 3.63) is 102 Å². The molecule has 4 rings (SSSR count). The van der Waals surface area contributed by atoms with Gasteiger partial charge >= 0.3 is 6.03 Å². The Bertz CT molecular complexity index is 1230.